The third-order valence-electron chi connectivity index (χ3n) is 1.41. The fourth-order valence-electron chi connectivity index (χ4n) is 0.698. The molecule has 0 aliphatic carbocycles. The molecule has 0 saturated carbocycles. The topological polar surface area (TPSA) is 0 Å². The van der Waals surface area contributed by atoms with Gasteiger partial charge in [-0.25, -0.2) is 0 Å². The van der Waals surface area contributed by atoms with Crippen LogP contribution in [0, 0.1) is 0 Å². The molecule has 76 valence electrons. The Labute approximate surface area is 85.2 Å². The highest BCUT2D eigenvalue weighted by Crippen LogP contribution is 2.07. The van der Waals surface area contributed by atoms with Gasteiger partial charge in [-0.15, -0.1) is 20.2 Å². The number of alkyl halides is 1. The molecule has 1 unspecified atom stereocenters. The molecule has 0 aliphatic rings. The van der Waals surface area contributed by atoms with E-state index in [0.29, 0.717) is 0 Å². The Morgan fingerprint density at radius 2 is 1.67 bits per heavy atom. The van der Waals surface area contributed by atoms with Gasteiger partial charge in [-0.1, -0.05) is 40.0 Å². The molecule has 0 rings (SSSR count). The molecule has 0 aromatic carbocycles. The molecule has 0 N–H and O–H groups in total. The van der Waals surface area contributed by atoms with E-state index in [9.17, 15) is 0 Å². The normalized spacial score (nSPS) is 10.0. The van der Waals surface area contributed by atoms with Crippen LogP contribution in [0.15, 0.2) is 0 Å². The zero-order chi connectivity index (χ0) is 9.66. The van der Waals surface area contributed by atoms with Crippen LogP contribution in [0.4, 0.5) is 0 Å². The minimum absolute atomic E-state index is 0.827. The lowest BCUT2D eigenvalue weighted by Gasteiger charge is -1.87. The highest BCUT2D eigenvalue weighted by molar-refractivity contribution is 7.37. The lowest BCUT2D eigenvalue weighted by Crippen LogP contribution is -1.70. The van der Waals surface area contributed by atoms with Gasteiger partial charge in [-0.2, -0.15) is 0 Å². The summed E-state index contributed by atoms with van der Waals surface area (Å²) in [5.74, 6) is 0.827. The van der Waals surface area contributed by atoms with Crippen LogP contribution in [0.5, 0.6) is 0 Å². The third kappa shape index (κ3) is 22.4. The van der Waals surface area contributed by atoms with Gasteiger partial charge in [0.05, 0.1) is 0 Å². The number of unbranched alkanes of at least 4 members (excludes halogenated alkanes) is 2. The highest BCUT2D eigenvalue weighted by Gasteiger charge is 1.77. The van der Waals surface area contributed by atoms with Crippen LogP contribution in [0.2, 0.25) is 0 Å². The summed E-state index contributed by atoms with van der Waals surface area (Å²) < 4.78 is 0. The van der Waals surface area contributed by atoms with Crippen molar-refractivity contribution in [1.82, 2.24) is 0 Å². The Balaban J connectivity index is 0. The molecule has 0 bridgehead atoms. The summed E-state index contributed by atoms with van der Waals surface area (Å²) in [6.07, 6.45) is 7.92. The highest BCUT2D eigenvalue weighted by atomic mass is 35.5. The van der Waals surface area contributed by atoms with Gasteiger partial charge in [0.15, 0.2) is 0 Å². The first kappa shape index (κ1) is 15.2. The van der Waals surface area contributed by atoms with E-state index >= 15 is 0 Å². The first-order chi connectivity index (χ1) is 5.83. The maximum absolute atomic E-state index is 5.38. The number of rotatable bonds is 6. The summed E-state index contributed by atoms with van der Waals surface area (Å²) in [6, 6.07) is 0. The molecule has 0 saturated heterocycles. The average molecular weight is 211 g/mol. The van der Waals surface area contributed by atoms with Gasteiger partial charge < -0.3 is 0 Å². The molecule has 12 heavy (non-hydrogen) atoms. The second-order valence-electron chi connectivity index (χ2n) is 2.75. The van der Waals surface area contributed by atoms with E-state index in [1.807, 2.05) is 0 Å². The fraction of sp³-hybridized carbons (Fsp3) is 1.00. The van der Waals surface area contributed by atoms with Crippen molar-refractivity contribution in [3.05, 3.63) is 0 Å². The second-order valence-corrected chi connectivity index (χ2v) is 4.83. The summed E-state index contributed by atoms with van der Waals surface area (Å²) >= 11 is 5.38. The minimum Gasteiger partial charge on any atom is -0.127 e. The van der Waals surface area contributed by atoms with E-state index in [4.69, 9.17) is 11.6 Å². The second kappa shape index (κ2) is 17.7. The van der Waals surface area contributed by atoms with Crippen LogP contribution in [0.1, 0.15) is 46.5 Å². The first-order valence-corrected chi connectivity index (χ1v) is 7.04. The van der Waals surface area contributed by atoms with Gasteiger partial charge in [0.2, 0.25) is 0 Å². The smallest absolute Gasteiger partial charge is 0.0223 e. The average Bonchev–Trinajstić information content (AvgIpc) is 2.12. The molecule has 2 heteroatoms. The summed E-state index contributed by atoms with van der Waals surface area (Å²) in [6.45, 7) is 6.66. The summed E-state index contributed by atoms with van der Waals surface area (Å²) in [7, 11) is 1.21. The summed E-state index contributed by atoms with van der Waals surface area (Å²) in [4.78, 5) is 0. The molecule has 0 aromatic heterocycles. The lowest BCUT2D eigenvalue weighted by atomic mass is 10.3. The molecule has 0 aliphatic heterocycles. The summed E-state index contributed by atoms with van der Waals surface area (Å²) in [5, 5.41) is 0. The largest absolute Gasteiger partial charge is 0.127 e. The predicted octanol–water partition coefficient (Wildman–Crippen LogP) is 4.51. The van der Waals surface area contributed by atoms with E-state index in [2.05, 4.69) is 20.8 Å². The SMILES string of the molecule is CCCCCCl.CCCPCC. The van der Waals surface area contributed by atoms with Crippen LogP contribution >= 0.6 is 20.2 Å². The van der Waals surface area contributed by atoms with E-state index in [1.165, 1.54) is 46.6 Å². The Morgan fingerprint density at radius 1 is 1.00 bits per heavy atom. The fourth-order valence-corrected chi connectivity index (χ4v) is 1.59. The standard InChI is InChI=1S/C5H11Cl.C5H13P/c1-2-3-4-5-6;1-3-5-6-4-2/h2-5H2,1H3;6H,3-5H2,1-2H3. The van der Waals surface area contributed by atoms with Crippen LogP contribution in [-0.2, 0) is 0 Å². The van der Waals surface area contributed by atoms with Crippen molar-refractivity contribution in [3.8, 4) is 0 Å². The number of hydrogen-bond acceptors (Lipinski definition) is 0. The molecule has 0 heterocycles. The predicted molar refractivity (Wildman–Crippen MR) is 64.3 cm³/mol. The van der Waals surface area contributed by atoms with Crippen LogP contribution in [-0.4, -0.2) is 18.2 Å². The minimum atomic E-state index is 0.827. The monoisotopic (exact) mass is 210 g/mol. The molecular weight excluding hydrogens is 187 g/mol. The van der Waals surface area contributed by atoms with E-state index in [1.54, 1.807) is 0 Å². The van der Waals surface area contributed by atoms with Crippen molar-refractivity contribution >= 4 is 20.2 Å². The Kier molecular flexibility index (Phi) is 22.4. The van der Waals surface area contributed by atoms with Crippen molar-refractivity contribution in [2.45, 2.75) is 46.5 Å². The van der Waals surface area contributed by atoms with Crippen LogP contribution < -0.4 is 0 Å². The van der Waals surface area contributed by atoms with Gasteiger partial charge in [0, 0.05) is 5.88 Å². The molecular formula is C10H24ClP. The first-order valence-electron chi connectivity index (χ1n) is 5.10. The lowest BCUT2D eigenvalue weighted by molar-refractivity contribution is 0.776. The molecule has 0 nitrogen and oxygen atoms in total. The van der Waals surface area contributed by atoms with Gasteiger partial charge >= 0.3 is 0 Å². The zero-order valence-electron chi connectivity index (χ0n) is 8.83. The Hall–Kier alpha value is 0.720. The maximum Gasteiger partial charge on any atom is 0.0223 e. The zero-order valence-corrected chi connectivity index (χ0v) is 10.6. The Bertz CT molecular complexity index is 41.8. The molecule has 0 radical (unpaired) electrons. The van der Waals surface area contributed by atoms with E-state index in [-0.39, 0.29) is 0 Å². The molecule has 0 amide bonds. The van der Waals surface area contributed by atoms with Crippen LogP contribution in [0.25, 0.3) is 0 Å². The van der Waals surface area contributed by atoms with Gasteiger partial charge in [0.1, 0.15) is 0 Å². The summed E-state index contributed by atoms with van der Waals surface area (Å²) in [5.41, 5.74) is 0. The van der Waals surface area contributed by atoms with Gasteiger partial charge in [-0.05, 0) is 18.7 Å². The van der Waals surface area contributed by atoms with Crippen molar-refractivity contribution in [2.75, 3.05) is 18.2 Å². The maximum atomic E-state index is 5.38. The molecule has 1 atom stereocenters. The van der Waals surface area contributed by atoms with Gasteiger partial charge in [-0.3, -0.25) is 0 Å². The van der Waals surface area contributed by atoms with Crippen molar-refractivity contribution in [3.63, 3.8) is 0 Å². The van der Waals surface area contributed by atoms with E-state index in [0.717, 1.165) is 5.88 Å². The van der Waals surface area contributed by atoms with Crippen molar-refractivity contribution < 1.29 is 0 Å². The van der Waals surface area contributed by atoms with E-state index < -0.39 is 0 Å². The molecule has 0 fully saturated rings. The quantitative estimate of drug-likeness (QED) is 0.344. The van der Waals surface area contributed by atoms with Crippen molar-refractivity contribution in [1.29, 1.82) is 0 Å². The number of hydrogen-bond donors (Lipinski definition) is 0. The van der Waals surface area contributed by atoms with Crippen LogP contribution in [0.3, 0.4) is 0 Å². The molecule has 0 spiro atoms. The number of halogens is 1. The third-order valence-corrected chi connectivity index (χ3v) is 3.03. The van der Waals surface area contributed by atoms with Crippen molar-refractivity contribution in [2.24, 2.45) is 0 Å². The molecule has 0 aromatic rings. The van der Waals surface area contributed by atoms with Gasteiger partial charge in [0.25, 0.3) is 0 Å². The Morgan fingerprint density at radius 3 is 1.83 bits per heavy atom.